The lowest BCUT2D eigenvalue weighted by atomic mass is 10.1. The number of fused-ring (bicyclic) bond motifs is 1. The van der Waals surface area contributed by atoms with Gasteiger partial charge in [0, 0.05) is 0 Å². The van der Waals surface area contributed by atoms with Gasteiger partial charge in [0.2, 0.25) is 5.88 Å². The number of aromatic nitrogens is 4. The van der Waals surface area contributed by atoms with Crippen molar-refractivity contribution in [3.05, 3.63) is 73.3 Å². The van der Waals surface area contributed by atoms with Crippen molar-refractivity contribution in [1.29, 1.82) is 0 Å². The number of nitrogens with zero attached hydrogens (tertiary/aromatic N) is 4. The summed E-state index contributed by atoms with van der Waals surface area (Å²) in [7, 11) is 1.45. The molecule has 2 aromatic heterocycles. The van der Waals surface area contributed by atoms with Gasteiger partial charge >= 0.3 is 11.9 Å². The number of hydrogen-bond donors (Lipinski definition) is 1. The molecule has 1 aliphatic rings. The molecule has 2 aromatic carbocycles. The lowest BCUT2D eigenvalue weighted by Crippen LogP contribution is -2.40. The number of rotatable bonds is 11. The standard InChI is InChI=1S/C27H26N4O9/c1-35-26-22-25(28-15-29-26)31(16-30-22)27-23(34)24(40-21(33)14-37-18-10-6-3-7-11-18)19(39-27)12-38-20(32)13-36-17-8-4-2-5-9-17/h2-11,15-16,19,23-24,27,34H,12-14H2,1H3. The third-order valence-electron chi connectivity index (χ3n) is 5.98. The van der Waals surface area contributed by atoms with E-state index in [1.165, 1.54) is 24.3 Å². The summed E-state index contributed by atoms with van der Waals surface area (Å²) in [6, 6.07) is 17.5. The van der Waals surface area contributed by atoms with Crippen LogP contribution < -0.4 is 14.2 Å². The lowest BCUT2D eigenvalue weighted by Gasteiger charge is -2.21. The quantitative estimate of drug-likeness (QED) is 0.270. The molecule has 1 N–H and O–H groups in total. The number of carbonyl (C=O) groups is 2. The molecule has 0 aliphatic carbocycles. The Morgan fingerprint density at radius 2 is 1.57 bits per heavy atom. The Bertz CT molecular complexity index is 1430. The van der Waals surface area contributed by atoms with E-state index in [4.69, 9.17) is 28.4 Å². The molecule has 4 aromatic rings. The predicted molar refractivity (Wildman–Crippen MR) is 137 cm³/mol. The van der Waals surface area contributed by atoms with Crippen molar-refractivity contribution in [3.8, 4) is 17.4 Å². The summed E-state index contributed by atoms with van der Waals surface area (Å²) in [5, 5.41) is 11.2. The zero-order valence-corrected chi connectivity index (χ0v) is 21.4. The summed E-state index contributed by atoms with van der Waals surface area (Å²) in [6.07, 6.45) is -2.01. The third-order valence-corrected chi connectivity index (χ3v) is 5.98. The molecule has 0 bridgehead atoms. The minimum absolute atomic E-state index is 0.237. The van der Waals surface area contributed by atoms with Crippen molar-refractivity contribution in [2.24, 2.45) is 0 Å². The number of aliphatic hydroxyl groups excluding tert-OH is 1. The van der Waals surface area contributed by atoms with E-state index in [1.807, 2.05) is 12.1 Å². The number of carbonyl (C=O) groups excluding carboxylic acids is 2. The second-order valence-electron chi connectivity index (χ2n) is 8.60. The van der Waals surface area contributed by atoms with Crippen LogP contribution in [0.3, 0.4) is 0 Å². The van der Waals surface area contributed by atoms with Crippen LogP contribution in [-0.2, 0) is 23.8 Å². The van der Waals surface area contributed by atoms with Crippen molar-refractivity contribution in [2.45, 2.75) is 24.5 Å². The number of benzene rings is 2. The molecule has 0 radical (unpaired) electrons. The van der Waals surface area contributed by atoms with Gasteiger partial charge in [0.25, 0.3) is 0 Å². The molecule has 1 saturated heterocycles. The Hall–Kier alpha value is -4.75. The van der Waals surface area contributed by atoms with Gasteiger partial charge in [0.1, 0.15) is 36.6 Å². The molecule has 40 heavy (non-hydrogen) atoms. The molecule has 0 saturated carbocycles. The fourth-order valence-corrected chi connectivity index (χ4v) is 4.12. The SMILES string of the molecule is COc1ncnc2c1ncn2C1OC(COC(=O)COc2ccccc2)C(OC(=O)COc2ccccc2)C1O. The largest absolute Gasteiger partial charge is 0.482 e. The molecule has 4 unspecified atom stereocenters. The number of hydrogen-bond acceptors (Lipinski definition) is 12. The van der Waals surface area contributed by atoms with Gasteiger partial charge in [-0.3, -0.25) is 4.57 Å². The molecule has 0 amide bonds. The van der Waals surface area contributed by atoms with Crippen LogP contribution in [0.2, 0.25) is 0 Å². The highest BCUT2D eigenvalue weighted by molar-refractivity contribution is 5.76. The Balaban J connectivity index is 1.29. The highest BCUT2D eigenvalue weighted by Crippen LogP contribution is 2.34. The number of methoxy groups -OCH3 is 1. The van der Waals surface area contributed by atoms with Gasteiger partial charge in [0.15, 0.2) is 36.7 Å². The van der Waals surface area contributed by atoms with Crippen LogP contribution in [0.25, 0.3) is 11.2 Å². The second kappa shape index (κ2) is 12.4. The van der Waals surface area contributed by atoms with Crippen LogP contribution in [0.4, 0.5) is 0 Å². The summed E-state index contributed by atoms with van der Waals surface area (Å²) in [5.74, 6) is -0.209. The maximum absolute atomic E-state index is 12.7. The number of esters is 2. The van der Waals surface area contributed by atoms with E-state index in [0.29, 0.717) is 22.7 Å². The normalized spacial score (nSPS) is 20.1. The van der Waals surface area contributed by atoms with E-state index in [2.05, 4.69) is 15.0 Å². The van der Waals surface area contributed by atoms with Gasteiger partial charge in [-0.2, -0.15) is 4.98 Å². The molecule has 5 rings (SSSR count). The van der Waals surface area contributed by atoms with Crippen LogP contribution in [0.5, 0.6) is 17.4 Å². The Labute approximate surface area is 228 Å². The summed E-state index contributed by atoms with van der Waals surface area (Å²) in [4.78, 5) is 37.5. The first-order chi connectivity index (χ1) is 19.5. The molecule has 4 atom stereocenters. The Morgan fingerprint density at radius 1 is 0.925 bits per heavy atom. The second-order valence-corrected chi connectivity index (χ2v) is 8.60. The average molecular weight is 551 g/mol. The molecule has 0 spiro atoms. The Morgan fingerprint density at radius 3 is 2.23 bits per heavy atom. The summed E-state index contributed by atoms with van der Waals surface area (Å²) in [5.41, 5.74) is 0.667. The van der Waals surface area contributed by atoms with Crippen LogP contribution in [-0.4, -0.2) is 81.8 Å². The smallest absolute Gasteiger partial charge is 0.344 e. The molecule has 3 heterocycles. The molecule has 13 nitrogen and oxygen atoms in total. The maximum Gasteiger partial charge on any atom is 0.344 e. The number of ether oxygens (including phenoxy) is 6. The first-order valence-electron chi connectivity index (χ1n) is 12.3. The van der Waals surface area contributed by atoms with Crippen molar-refractivity contribution in [2.75, 3.05) is 26.9 Å². The first kappa shape index (κ1) is 26.8. The topological polar surface area (TPSA) is 153 Å². The van der Waals surface area contributed by atoms with Crippen molar-refractivity contribution in [3.63, 3.8) is 0 Å². The van der Waals surface area contributed by atoms with E-state index in [1.54, 1.807) is 48.5 Å². The molecule has 208 valence electrons. The van der Waals surface area contributed by atoms with E-state index in [-0.39, 0.29) is 19.1 Å². The minimum Gasteiger partial charge on any atom is -0.482 e. The highest BCUT2D eigenvalue weighted by Gasteiger charge is 2.48. The van der Waals surface area contributed by atoms with Gasteiger partial charge < -0.3 is 33.5 Å². The Kier molecular flexibility index (Phi) is 8.32. The van der Waals surface area contributed by atoms with E-state index >= 15 is 0 Å². The van der Waals surface area contributed by atoms with E-state index in [9.17, 15) is 14.7 Å². The molecule has 13 heteroatoms. The van der Waals surface area contributed by atoms with Crippen molar-refractivity contribution >= 4 is 23.1 Å². The van der Waals surface area contributed by atoms with Crippen LogP contribution in [0.1, 0.15) is 6.23 Å². The zero-order chi connectivity index (χ0) is 27.9. The molecule has 1 aliphatic heterocycles. The fraction of sp³-hybridized carbons (Fsp3) is 0.296. The molecule has 1 fully saturated rings. The molecular formula is C27H26N4O9. The van der Waals surface area contributed by atoms with E-state index in [0.717, 1.165) is 0 Å². The summed E-state index contributed by atoms with van der Waals surface area (Å²) in [6.45, 7) is -1.08. The third kappa shape index (κ3) is 6.11. The van der Waals surface area contributed by atoms with Crippen molar-refractivity contribution in [1.82, 2.24) is 19.5 Å². The molecular weight excluding hydrogens is 524 g/mol. The number of para-hydroxylation sites is 2. The van der Waals surface area contributed by atoms with Crippen LogP contribution >= 0.6 is 0 Å². The fourth-order valence-electron chi connectivity index (χ4n) is 4.12. The zero-order valence-electron chi connectivity index (χ0n) is 21.4. The van der Waals surface area contributed by atoms with Crippen molar-refractivity contribution < 1.29 is 43.1 Å². The predicted octanol–water partition coefficient (Wildman–Crippen LogP) is 1.71. The summed E-state index contributed by atoms with van der Waals surface area (Å²) >= 11 is 0. The van der Waals surface area contributed by atoms with E-state index < -0.39 is 43.1 Å². The van der Waals surface area contributed by atoms with Gasteiger partial charge in [0.05, 0.1) is 13.4 Å². The van der Waals surface area contributed by atoms with Gasteiger partial charge in [-0.1, -0.05) is 36.4 Å². The van der Waals surface area contributed by atoms with Gasteiger partial charge in [-0.25, -0.2) is 19.6 Å². The summed E-state index contributed by atoms with van der Waals surface area (Å²) < 4.78 is 34.5. The number of imidazole rings is 1. The average Bonchev–Trinajstić information content (AvgIpc) is 3.55. The number of aliphatic hydroxyl groups is 1. The van der Waals surface area contributed by atoms with Crippen LogP contribution in [0, 0.1) is 0 Å². The first-order valence-corrected chi connectivity index (χ1v) is 12.3. The van der Waals surface area contributed by atoms with Gasteiger partial charge in [-0.15, -0.1) is 0 Å². The highest BCUT2D eigenvalue weighted by atomic mass is 16.6. The maximum atomic E-state index is 12.7. The van der Waals surface area contributed by atoms with Crippen LogP contribution in [0.15, 0.2) is 73.3 Å². The lowest BCUT2D eigenvalue weighted by molar-refractivity contribution is -0.162. The minimum atomic E-state index is -1.37. The monoisotopic (exact) mass is 550 g/mol. The van der Waals surface area contributed by atoms with Gasteiger partial charge in [-0.05, 0) is 24.3 Å².